The third-order valence-electron chi connectivity index (χ3n) is 4.23. The molecule has 0 aliphatic heterocycles. The van der Waals surface area contributed by atoms with Gasteiger partial charge in [0.2, 0.25) is 0 Å². The smallest absolute Gasteiger partial charge is 0.266 e. The molecule has 5 nitrogen and oxygen atoms in total. The fraction of sp³-hybridized carbons (Fsp3) is 0.316. The van der Waals surface area contributed by atoms with Gasteiger partial charge in [0.15, 0.2) is 0 Å². The third-order valence-corrected chi connectivity index (χ3v) is 5.43. The van der Waals surface area contributed by atoms with E-state index in [9.17, 15) is 14.0 Å². The van der Waals surface area contributed by atoms with E-state index in [1.807, 2.05) is 0 Å². The van der Waals surface area contributed by atoms with E-state index in [0.717, 1.165) is 19.3 Å². The summed E-state index contributed by atoms with van der Waals surface area (Å²) in [5.41, 5.74) is 1.02. The van der Waals surface area contributed by atoms with Crippen molar-refractivity contribution in [2.75, 3.05) is 5.32 Å². The molecule has 2 aromatic heterocycles. The van der Waals surface area contributed by atoms with Crippen molar-refractivity contribution in [2.24, 2.45) is 0 Å². The van der Waals surface area contributed by atoms with E-state index in [0.29, 0.717) is 32.9 Å². The molecule has 0 atom stereocenters. The second kappa shape index (κ2) is 7.78. The summed E-state index contributed by atoms with van der Waals surface area (Å²) >= 11 is 1.20. The summed E-state index contributed by atoms with van der Waals surface area (Å²) < 4.78 is 14.6. The van der Waals surface area contributed by atoms with Gasteiger partial charge in [0, 0.05) is 12.2 Å². The minimum Gasteiger partial charge on any atom is -0.321 e. The predicted molar refractivity (Wildman–Crippen MR) is 102 cm³/mol. The van der Waals surface area contributed by atoms with Gasteiger partial charge in [-0.25, -0.2) is 9.37 Å². The molecule has 1 amide bonds. The minimum atomic E-state index is -0.367. The second-order valence-corrected chi connectivity index (χ2v) is 7.15. The molecular formula is C19H20FN3O2S. The van der Waals surface area contributed by atoms with Gasteiger partial charge in [0.05, 0.1) is 16.6 Å². The normalized spacial score (nSPS) is 11.0. The molecule has 0 radical (unpaired) electrons. The molecule has 0 saturated carbocycles. The Morgan fingerprint density at radius 2 is 2.00 bits per heavy atom. The molecule has 0 spiro atoms. The SMILES string of the molecule is CCCCCn1cnc2sc(C(=O)Nc3ccc(F)cc3)c(C)c2c1=O. The number of aryl methyl sites for hydroxylation is 2. The molecule has 136 valence electrons. The lowest BCUT2D eigenvalue weighted by Gasteiger charge is -2.05. The summed E-state index contributed by atoms with van der Waals surface area (Å²) in [6, 6.07) is 5.55. The number of carbonyl (C=O) groups is 1. The number of aromatic nitrogens is 2. The zero-order valence-electron chi connectivity index (χ0n) is 14.7. The van der Waals surface area contributed by atoms with E-state index in [2.05, 4.69) is 17.2 Å². The van der Waals surface area contributed by atoms with Crippen LogP contribution in [-0.2, 0) is 6.54 Å². The van der Waals surface area contributed by atoms with Crippen LogP contribution >= 0.6 is 11.3 Å². The van der Waals surface area contributed by atoms with Crippen LogP contribution in [0, 0.1) is 12.7 Å². The highest BCUT2D eigenvalue weighted by Gasteiger charge is 2.19. The van der Waals surface area contributed by atoms with Gasteiger partial charge in [0.1, 0.15) is 10.6 Å². The highest BCUT2D eigenvalue weighted by molar-refractivity contribution is 7.20. The van der Waals surface area contributed by atoms with Gasteiger partial charge in [-0.1, -0.05) is 19.8 Å². The van der Waals surface area contributed by atoms with Gasteiger partial charge in [-0.05, 0) is 43.2 Å². The van der Waals surface area contributed by atoms with Gasteiger partial charge in [-0.3, -0.25) is 14.2 Å². The van der Waals surface area contributed by atoms with Crippen LogP contribution in [-0.4, -0.2) is 15.5 Å². The largest absolute Gasteiger partial charge is 0.321 e. The molecule has 0 aliphatic rings. The maximum Gasteiger partial charge on any atom is 0.266 e. The summed E-state index contributed by atoms with van der Waals surface area (Å²) in [6.07, 6.45) is 4.61. The maximum atomic E-state index is 13.0. The molecule has 0 aliphatic carbocycles. The van der Waals surface area contributed by atoms with E-state index >= 15 is 0 Å². The Morgan fingerprint density at radius 1 is 1.27 bits per heavy atom. The second-order valence-electron chi connectivity index (χ2n) is 6.15. The van der Waals surface area contributed by atoms with Crippen LogP contribution in [0.25, 0.3) is 10.2 Å². The summed E-state index contributed by atoms with van der Waals surface area (Å²) in [5.74, 6) is -0.692. The molecule has 3 aromatic rings. The lowest BCUT2D eigenvalue weighted by atomic mass is 10.2. The Hall–Kier alpha value is -2.54. The van der Waals surface area contributed by atoms with Gasteiger partial charge in [-0.15, -0.1) is 11.3 Å². The summed E-state index contributed by atoms with van der Waals surface area (Å²) in [7, 11) is 0. The molecule has 0 fully saturated rings. The van der Waals surface area contributed by atoms with Crippen molar-refractivity contribution < 1.29 is 9.18 Å². The first-order valence-corrected chi connectivity index (χ1v) is 9.38. The highest BCUT2D eigenvalue weighted by atomic mass is 32.1. The minimum absolute atomic E-state index is 0.110. The topological polar surface area (TPSA) is 64.0 Å². The number of hydrogen-bond acceptors (Lipinski definition) is 4. The van der Waals surface area contributed by atoms with Crippen LogP contribution in [0.1, 0.15) is 41.4 Å². The number of amides is 1. The monoisotopic (exact) mass is 373 g/mol. The first-order chi connectivity index (χ1) is 12.5. The zero-order chi connectivity index (χ0) is 18.7. The van der Waals surface area contributed by atoms with Crippen LogP contribution in [0.15, 0.2) is 35.4 Å². The molecule has 3 rings (SSSR count). The number of benzene rings is 1. The van der Waals surface area contributed by atoms with Gasteiger partial charge < -0.3 is 5.32 Å². The van der Waals surface area contributed by atoms with Gasteiger partial charge in [-0.2, -0.15) is 0 Å². The summed E-state index contributed by atoms with van der Waals surface area (Å²) in [6.45, 7) is 4.50. The van der Waals surface area contributed by atoms with Crippen molar-refractivity contribution in [1.29, 1.82) is 0 Å². The standard InChI is InChI=1S/C19H20FN3O2S/c1-3-4-5-10-23-11-21-18-15(19(23)25)12(2)16(26-18)17(24)22-14-8-6-13(20)7-9-14/h6-9,11H,3-5,10H2,1-2H3,(H,22,24). The molecule has 1 aromatic carbocycles. The first-order valence-electron chi connectivity index (χ1n) is 8.56. The van der Waals surface area contributed by atoms with E-state index in [1.54, 1.807) is 17.8 Å². The fourth-order valence-corrected chi connectivity index (χ4v) is 3.82. The Morgan fingerprint density at radius 3 is 2.69 bits per heavy atom. The van der Waals surface area contributed by atoms with Crippen molar-refractivity contribution in [3.8, 4) is 0 Å². The van der Waals surface area contributed by atoms with Crippen molar-refractivity contribution in [2.45, 2.75) is 39.7 Å². The number of anilines is 1. The Kier molecular flexibility index (Phi) is 5.46. The van der Waals surface area contributed by atoms with Crippen molar-refractivity contribution in [3.63, 3.8) is 0 Å². The lowest BCUT2D eigenvalue weighted by Crippen LogP contribution is -2.20. The van der Waals surface area contributed by atoms with Gasteiger partial charge >= 0.3 is 0 Å². The Labute approximate surface area is 154 Å². The number of fused-ring (bicyclic) bond motifs is 1. The molecule has 7 heteroatoms. The zero-order valence-corrected chi connectivity index (χ0v) is 15.5. The average Bonchev–Trinajstić information content (AvgIpc) is 2.97. The Balaban J connectivity index is 1.90. The summed E-state index contributed by atoms with van der Waals surface area (Å²) in [5, 5.41) is 3.23. The predicted octanol–water partition coefficient (Wildman–Crippen LogP) is 4.35. The molecule has 2 heterocycles. The van der Waals surface area contributed by atoms with E-state index in [1.165, 1.54) is 35.6 Å². The quantitative estimate of drug-likeness (QED) is 0.654. The fourth-order valence-electron chi connectivity index (χ4n) is 2.79. The van der Waals surface area contributed by atoms with Crippen LogP contribution in [0.2, 0.25) is 0 Å². The van der Waals surface area contributed by atoms with Crippen molar-refractivity contribution in [3.05, 3.63) is 57.2 Å². The molecule has 1 N–H and O–H groups in total. The van der Waals surface area contributed by atoms with Crippen LogP contribution in [0.5, 0.6) is 0 Å². The maximum absolute atomic E-state index is 13.0. The van der Waals surface area contributed by atoms with Crippen molar-refractivity contribution >= 4 is 33.1 Å². The van der Waals surface area contributed by atoms with Crippen LogP contribution in [0.3, 0.4) is 0 Å². The van der Waals surface area contributed by atoms with E-state index < -0.39 is 0 Å². The third kappa shape index (κ3) is 3.67. The number of thiophene rings is 1. The number of rotatable bonds is 6. The lowest BCUT2D eigenvalue weighted by molar-refractivity contribution is 0.103. The van der Waals surface area contributed by atoms with Crippen molar-refractivity contribution in [1.82, 2.24) is 9.55 Å². The van der Waals surface area contributed by atoms with Crippen LogP contribution in [0.4, 0.5) is 10.1 Å². The number of carbonyl (C=O) groups excluding carboxylic acids is 1. The highest BCUT2D eigenvalue weighted by Crippen LogP contribution is 2.27. The number of nitrogens with one attached hydrogen (secondary N) is 1. The van der Waals surface area contributed by atoms with E-state index in [4.69, 9.17) is 0 Å². The van der Waals surface area contributed by atoms with Gasteiger partial charge in [0.25, 0.3) is 11.5 Å². The average molecular weight is 373 g/mol. The molecule has 0 saturated heterocycles. The van der Waals surface area contributed by atoms with Crippen LogP contribution < -0.4 is 10.9 Å². The molecule has 0 unspecified atom stereocenters. The number of nitrogens with zero attached hydrogens (tertiary/aromatic N) is 2. The van der Waals surface area contributed by atoms with E-state index in [-0.39, 0.29) is 17.3 Å². The number of unbranched alkanes of at least 4 members (excludes halogenated alkanes) is 2. The first kappa shape index (κ1) is 18.3. The number of halogens is 1. The molecule has 26 heavy (non-hydrogen) atoms. The Bertz CT molecular complexity index is 992. The number of hydrogen-bond donors (Lipinski definition) is 1. The summed E-state index contributed by atoms with van der Waals surface area (Å²) in [4.78, 5) is 30.7. The molecular weight excluding hydrogens is 353 g/mol. The molecule has 0 bridgehead atoms.